The minimum Gasteiger partial charge on any atom is -0.334 e. The average Bonchev–Trinajstić information content (AvgIpc) is 3.68. The van der Waals surface area contributed by atoms with E-state index in [1.165, 1.54) is 122 Å². The van der Waals surface area contributed by atoms with Crippen LogP contribution in [0.4, 0.5) is 28.4 Å². The normalized spacial score (nSPS) is 22.1. The van der Waals surface area contributed by atoms with Crippen LogP contribution in [-0.2, 0) is 27.1 Å². The Labute approximate surface area is 366 Å². The van der Waals surface area contributed by atoms with Crippen molar-refractivity contribution in [3.05, 3.63) is 136 Å². The summed E-state index contributed by atoms with van der Waals surface area (Å²) in [6, 6.07) is 38.4. The summed E-state index contributed by atoms with van der Waals surface area (Å²) in [6.45, 7) is 31.3. The fraction of sp³-hybridized carbons (Fsp3) is 0.439. The molecule has 60 heavy (non-hydrogen) atoms. The molecule has 2 unspecified atom stereocenters. The van der Waals surface area contributed by atoms with E-state index in [1.54, 1.807) is 0 Å². The molecule has 1 aromatic heterocycles. The highest BCUT2D eigenvalue weighted by molar-refractivity contribution is 7.17. The second-order valence-electron chi connectivity index (χ2n) is 22.6. The molecule has 9 rings (SSSR count). The van der Waals surface area contributed by atoms with E-state index >= 15 is 0 Å². The third kappa shape index (κ3) is 6.47. The summed E-state index contributed by atoms with van der Waals surface area (Å²) in [6.07, 6.45) is 7.33. The molecule has 1 fully saturated rings. The average molecular weight is 813 g/mol. The molecule has 0 radical (unpaired) electrons. The zero-order chi connectivity index (χ0) is 42.8. The Hall–Kier alpha value is -4.34. The molecular formula is C57H68N2S. The highest BCUT2D eigenvalue weighted by Gasteiger charge is 2.58. The van der Waals surface area contributed by atoms with Crippen molar-refractivity contribution >= 4 is 49.9 Å². The molecule has 1 aliphatic heterocycles. The lowest BCUT2D eigenvalue weighted by Gasteiger charge is -2.50. The predicted molar refractivity (Wildman–Crippen MR) is 262 cm³/mol. The molecule has 5 aromatic carbocycles. The van der Waals surface area contributed by atoms with E-state index in [0.717, 1.165) is 0 Å². The second-order valence-corrected chi connectivity index (χ2v) is 23.5. The Morgan fingerprint density at radius 1 is 0.600 bits per heavy atom. The number of anilines is 5. The molecule has 3 heteroatoms. The van der Waals surface area contributed by atoms with Gasteiger partial charge in [0, 0.05) is 43.5 Å². The van der Waals surface area contributed by atoms with Gasteiger partial charge in [-0.3, -0.25) is 0 Å². The zero-order valence-corrected chi connectivity index (χ0v) is 39.7. The van der Waals surface area contributed by atoms with Crippen molar-refractivity contribution < 1.29 is 0 Å². The summed E-state index contributed by atoms with van der Waals surface area (Å²) < 4.78 is 1.37. The summed E-state index contributed by atoms with van der Waals surface area (Å²) in [5.41, 5.74) is 17.9. The molecule has 2 nitrogen and oxygen atoms in total. The third-order valence-corrected chi connectivity index (χ3v) is 16.4. The van der Waals surface area contributed by atoms with Crippen LogP contribution in [-0.4, -0.2) is 5.54 Å². The van der Waals surface area contributed by atoms with E-state index in [1.807, 2.05) is 11.3 Å². The van der Waals surface area contributed by atoms with Gasteiger partial charge in [-0.05, 0) is 149 Å². The van der Waals surface area contributed by atoms with Crippen molar-refractivity contribution in [2.75, 3.05) is 9.80 Å². The first-order chi connectivity index (χ1) is 28.1. The number of nitrogens with zero attached hydrogens (tertiary/aromatic N) is 2. The van der Waals surface area contributed by atoms with Crippen molar-refractivity contribution in [1.82, 2.24) is 0 Å². The van der Waals surface area contributed by atoms with Gasteiger partial charge in [-0.1, -0.05) is 138 Å². The predicted octanol–water partition coefficient (Wildman–Crippen LogP) is 17.0. The Bertz CT molecular complexity index is 2630. The van der Waals surface area contributed by atoms with Crippen LogP contribution in [0.5, 0.6) is 0 Å². The van der Waals surface area contributed by atoms with Crippen LogP contribution in [0.25, 0.3) is 21.2 Å². The first-order valence-electron chi connectivity index (χ1n) is 22.8. The van der Waals surface area contributed by atoms with Gasteiger partial charge in [-0.2, -0.15) is 0 Å². The lowest BCUT2D eigenvalue weighted by Crippen LogP contribution is -2.54. The molecule has 1 saturated carbocycles. The number of aryl methyl sites for hydroxylation is 1. The number of hydrogen-bond acceptors (Lipinski definition) is 3. The standard InChI is InChI=1S/C57H68N2S/c1-37-29-41(33-42(30-37)59-49-24-22-40(53(5,6)7)32-47(49)56(12)25-17-18-26-57(56,59)13)58(48-23-21-39(52(2,3)4)31-43(48)38-19-15-14-16-20-38)50-36-60-51-35-46-45(34-44(50)51)54(8,9)27-28-55(46,10)11/h14-16,19-24,29-36H,17-18,25-28H2,1-13H3. The number of thiophene rings is 1. The van der Waals surface area contributed by atoms with Crippen LogP contribution in [0.3, 0.4) is 0 Å². The van der Waals surface area contributed by atoms with E-state index in [2.05, 4.69) is 202 Å². The van der Waals surface area contributed by atoms with Crippen molar-refractivity contribution in [2.24, 2.45) is 0 Å². The maximum Gasteiger partial charge on any atom is 0.0647 e. The van der Waals surface area contributed by atoms with Crippen LogP contribution < -0.4 is 9.80 Å². The quantitative estimate of drug-likeness (QED) is 0.171. The highest BCUT2D eigenvalue weighted by atomic mass is 32.1. The maximum atomic E-state index is 2.77. The molecular weight excluding hydrogens is 745 g/mol. The topological polar surface area (TPSA) is 6.48 Å². The van der Waals surface area contributed by atoms with Gasteiger partial charge in [0.2, 0.25) is 0 Å². The molecule has 312 valence electrons. The van der Waals surface area contributed by atoms with Gasteiger partial charge >= 0.3 is 0 Å². The molecule has 2 atom stereocenters. The van der Waals surface area contributed by atoms with E-state index < -0.39 is 0 Å². The fourth-order valence-electron chi connectivity index (χ4n) is 11.3. The summed E-state index contributed by atoms with van der Waals surface area (Å²) in [4.78, 5) is 5.40. The minimum absolute atomic E-state index is 0.00795. The second kappa shape index (κ2) is 13.8. The SMILES string of the molecule is Cc1cc(N(c2ccc(C(C)(C)C)cc2-c2ccccc2)c2csc3cc4c(cc23)C(C)(C)CCC4(C)C)cc(N2c3ccc(C(C)(C)C)cc3C3(C)CCCCC23C)c1. The van der Waals surface area contributed by atoms with Gasteiger partial charge in [-0.25, -0.2) is 0 Å². The molecule has 0 N–H and O–H groups in total. The van der Waals surface area contributed by atoms with Crippen molar-refractivity contribution in [3.63, 3.8) is 0 Å². The van der Waals surface area contributed by atoms with Crippen molar-refractivity contribution in [1.29, 1.82) is 0 Å². The Morgan fingerprint density at radius 2 is 1.23 bits per heavy atom. The number of hydrogen-bond donors (Lipinski definition) is 0. The lowest BCUT2D eigenvalue weighted by molar-refractivity contribution is 0.195. The van der Waals surface area contributed by atoms with Crippen LogP contribution in [0.15, 0.2) is 102 Å². The van der Waals surface area contributed by atoms with Gasteiger partial charge in [0.05, 0.1) is 16.9 Å². The van der Waals surface area contributed by atoms with Gasteiger partial charge < -0.3 is 9.80 Å². The molecule has 3 aliphatic rings. The van der Waals surface area contributed by atoms with Crippen LogP contribution in [0.1, 0.15) is 155 Å². The molecule has 6 aromatic rings. The van der Waals surface area contributed by atoms with Gasteiger partial charge in [-0.15, -0.1) is 11.3 Å². The highest BCUT2D eigenvalue weighted by Crippen LogP contribution is 2.62. The maximum absolute atomic E-state index is 2.77. The van der Waals surface area contributed by atoms with Crippen LogP contribution in [0, 0.1) is 6.92 Å². The summed E-state index contributed by atoms with van der Waals surface area (Å²) in [7, 11) is 0. The first-order valence-corrected chi connectivity index (χ1v) is 23.6. The Morgan fingerprint density at radius 3 is 1.92 bits per heavy atom. The Kier molecular flexibility index (Phi) is 9.46. The first kappa shape index (κ1) is 41.0. The van der Waals surface area contributed by atoms with Gasteiger partial charge in [0.25, 0.3) is 0 Å². The van der Waals surface area contributed by atoms with E-state index in [0.29, 0.717) is 0 Å². The molecule has 0 saturated heterocycles. The van der Waals surface area contributed by atoms with Crippen LogP contribution >= 0.6 is 11.3 Å². The Balaban J connectivity index is 1.32. The zero-order valence-electron chi connectivity index (χ0n) is 38.9. The van der Waals surface area contributed by atoms with Crippen LogP contribution in [0.2, 0.25) is 0 Å². The smallest absolute Gasteiger partial charge is 0.0647 e. The molecule has 2 heterocycles. The van der Waals surface area contributed by atoms with E-state index in [-0.39, 0.29) is 32.6 Å². The fourth-order valence-corrected chi connectivity index (χ4v) is 12.3. The number of fused-ring (bicyclic) bond motifs is 5. The summed E-state index contributed by atoms with van der Waals surface area (Å²) >= 11 is 1.90. The molecule has 0 spiro atoms. The van der Waals surface area contributed by atoms with E-state index in [9.17, 15) is 0 Å². The number of rotatable bonds is 5. The lowest BCUT2D eigenvalue weighted by atomic mass is 9.61. The monoisotopic (exact) mass is 813 g/mol. The molecule has 0 amide bonds. The molecule has 2 aliphatic carbocycles. The number of benzene rings is 5. The van der Waals surface area contributed by atoms with Gasteiger partial charge in [0.1, 0.15) is 0 Å². The summed E-state index contributed by atoms with van der Waals surface area (Å²) in [5, 5.41) is 3.79. The molecule has 0 bridgehead atoms. The largest absolute Gasteiger partial charge is 0.334 e. The third-order valence-electron chi connectivity index (χ3n) is 15.5. The summed E-state index contributed by atoms with van der Waals surface area (Å²) in [5.74, 6) is 0. The van der Waals surface area contributed by atoms with Crippen molar-refractivity contribution in [2.45, 2.75) is 161 Å². The van der Waals surface area contributed by atoms with E-state index in [4.69, 9.17) is 0 Å². The minimum atomic E-state index is -0.0456. The van der Waals surface area contributed by atoms with Crippen molar-refractivity contribution in [3.8, 4) is 11.1 Å². The van der Waals surface area contributed by atoms with Gasteiger partial charge in [0.15, 0.2) is 0 Å².